The summed E-state index contributed by atoms with van der Waals surface area (Å²) < 4.78 is 1.11. The van der Waals surface area contributed by atoms with Crippen LogP contribution in [0.15, 0.2) is 39.0 Å². The van der Waals surface area contributed by atoms with E-state index in [1.165, 1.54) is 16.0 Å². The number of benzene rings is 1. The molecule has 102 valence electrons. The Kier molecular flexibility index (Phi) is 5.43. The van der Waals surface area contributed by atoms with E-state index in [-0.39, 0.29) is 0 Å². The molecule has 1 N–H and O–H groups in total. The van der Waals surface area contributed by atoms with E-state index in [4.69, 9.17) is 0 Å². The molecule has 2 aromatic rings. The summed E-state index contributed by atoms with van der Waals surface area (Å²) in [5.41, 5.74) is 2.67. The van der Waals surface area contributed by atoms with Gasteiger partial charge in [-0.1, -0.05) is 43.3 Å². The first kappa shape index (κ1) is 14.6. The fourth-order valence-corrected chi connectivity index (χ4v) is 3.48. The Bertz CT molecular complexity index is 507. The molecular weight excluding hydrogens is 272 g/mol. The lowest BCUT2D eigenvalue weighted by Gasteiger charge is -2.11. The number of hydrogen-bond donors (Lipinski definition) is 1. The summed E-state index contributed by atoms with van der Waals surface area (Å²) in [6.45, 7) is 8.58. The molecule has 2 rings (SSSR count). The van der Waals surface area contributed by atoms with Crippen molar-refractivity contribution in [2.45, 2.75) is 36.6 Å². The minimum Gasteiger partial charge on any atom is -0.312 e. The fraction of sp³-hybridized carbons (Fsp3) is 0.400. The number of nitrogens with one attached hydrogen (secondary N) is 1. The topological polar surface area (TPSA) is 24.9 Å². The average Bonchev–Trinajstić information content (AvgIpc) is 2.85. The molecule has 19 heavy (non-hydrogen) atoms. The lowest BCUT2D eigenvalue weighted by Crippen LogP contribution is -2.19. The third kappa shape index (κ3) is 4.64. The van der Waals surface area contributed by atoms with Crippen molar-refractivity contribution in [1.29, 1.82) is 0 Å². The van der Waals surface area contributed by atoms with Gasteiger partial charge in [-0.2, -0.15) is 0 Å². The Labute approximate surface area is 123 Å². The van der Waals surface area contributed by atoms with Crippen LogP contribution in [0.3, 0.4) is 0 Å². The predicted octanol–water partition coefficient (Wildman–Crippen LogP) is 4.35. The molecule has 0 aliphatic carbocycles. The van der Waals surface area contributed by atoms with Crippen LogP contribution in [0.25, 0.3) is 0 Å². The van der Waals surface area contributed by atoms with Gasteiger partial charge < -0.3 is 5.32 Å². The van der Waals surface area contributed by atoms with Gasteiger partial charge in [0.15, 0.2) is 4.34 Å². The first-order valence-corrected chi connectivity index (χ1v) is 8.22. The van der Waals surface area contributed by atoms with Crippen molar-refractivity contribution in [3.8, 4) is 0 Å². The zero-order valence-electron chi connectivity index (χ0n) is 11.6. The highest BCUT2D eigenvalue weighted by molar-refractivity contribution is 8.01. The van der Waals surface area contributed by atoms with E-state index >= 15 is 0 Å². The van der Waals surface area contributed by atoms with Gasteiger partial charge in [0.1, 0.15) is 0 Å². The van der Waals surface area contributed by atoms with Crippen LogP contribution < -0.4 is 5.32 Å². The largest absolute Gasteiger partial charge is 0.312 e. The van der Waals surface area contributed by atoms with Crippen molar-refractivity contribution < 1.29 is 0 Å². The van der Waals surface area contributed by atoms with E-state index in [0.29, 0.717) is 5.92 Å². The number of hydrogen-bond acceptors (Lipinski definition) is 4. The quantitative estimate of drug-likeness (QED) is 0.857. The van der Waals surface area contributed by atoms with Crippen LogP contribution in [0.5, 0.6) is 0 Å². The maximum atomic E-state index is 4.34. The summed E-state index contributed by atoms with van der Waals surface area (Å²) in [5.74, 6) is 0.680. The molecule has 0 saturated heterocycles. The predicted molar refractivity (Wildman–Crippen MR) is 84.0 cm³/mol. The van der Waals surface area contributed by atoms with Crippen molar-refractivity contribution in [2.24, 2.45) is 5.92 Å². The average molecular weight is 292 g/mol. The van der Waals surface area contributed by atoms with E-state index < -0.39 is 0 Å². The van der Waals surface area contributed by atoms with Crippen molar-refractivity contribution >= 4 is 23.1 Å². The third-order valence-electron chi connectivity index (χ3n) is 2.69. The Hall–Kier alpha value is -0.840. The van der Waals surface area contributed by atoms with Crippen LogP contribution in [-0.2, 0) is 6.54 Å². The van der Waals surface area contributed by atoms with Gasteiger partial charge >= 0.3 is 0 Å². The molecule has 0 saturated carbocycles. The van der Waals surface area contributed by atoms with Gasteiger partial charge in [-0.05, 0) is 31.0 Å². The lowest BCUT2D eigenvalue weighted by atomic mass is 10.1. The first-order valence-electron chi connectivity index (χ1n) is 6.52. The second-order valence-electron chi connectivity index (χ2n) is 5.04. The van der Waals surface area contributed by atoms with Gasteiger partial charge in [0.25, 0.3) is 0 Å². The van der Waals surface area contributed by atoms with Crippen molar-refractivity contribution in [1.82, 2.24) is 10.3 Å². The fourth-order valence-electron chi connectivity index (χ4n) is 1.80. The molecule has 0 atom stereocenters. The number of aryl methyl sites for hydroxylation is 1. The summed E-state index contributed by atoms with van der Waals surface area (Å²) in [6.07, 6.45) is 1.86. The number of thiazole rings is 1. The second-order valence-corrected chi connectivity index (χ2v) is 7.22. The van der Waals surface area contributed by atoms with Gasteiger partial charge in [0.05, 0.1) is 0 Å². The maximum absolute atomic E-state index is 4.34. The summed E-state index contributed by atoms with van der Waals surface area (Å²) in [5, 5.41) is 5.54. The van der Waals surface area contributed by atoms with E-state index in [2.05, 4.69) is 49.3 Å². The zero-order valence-corrected chi connectivity index (χ0v) is 13.3. The molecule has 0 aliphatic rings. The van der Waals surface area contributed by atoms with Crippen LogP contribution >= 0.6 is 23.1 Å². The molecule has 0 bridgehead atoms. The molecule has 0 spiro atoms. The smallest absolute Gasteiger partial charge is 0.154 e. The molecule has 0 aliphatic heterocycles. The van der Waals surface area contributed by atoms with Crippen molar-refractivity contribution in [3.63, 3.8) is 0 Å². The summed E-state index contributed by atoms with van der Waals surface area (Å²) in [4.78, 5) is 5.65. The van der Waals surface area contributed by atoms with Crippen molar-refractivity contribution in [3.05, 3.63) is 40.9 Å². The molecule has 1 heterocycles. The minimum absolute atomic E-state index is 0.680. The van der Waals surface area contributed by atoms with Crippen LogP contribution in [0.2, 0.25) is 0 Å². The van der Waals surface area contributed by atoms with Gasteiger partial charge in [-0.25, -0.2) is 4.98 Å². The molecule has 2 nitrogen and oxygen atoms in total. The van der Waals surface area contributed by atoms with Gasteiger partial charge in [-0.3, -0.25) is 0 Å². The Morgan fingerprint density at radius 3 is 2.89 bits per heavy atom. The van der Waals surface area contributed by atoms with E-state index in [1.807, 2.05) is 11.6 Å². The Morgan fingerprint density at radius 2 is 2.21 bits per heavy atom. The monoisotopic (exact) mass is 292 g/mol. The van der Waals surface area contributed by atoms with Crippen LogP contribution in [0, 0.1) is 12.8 Å². The number of rotatable bonds is 6. The maximum Gasteiger partial charge on any atom is 0.154 e. The highest BCUT2D eigenvalue weighted by Crippen LogP contribution is 2.32. The second kappa shape index (κ2) is 7.08. The normalized spacial score (nSPS) is 11.2. The highest BCUT2D eigenvalue weighted by Gasteiger charge is 2.07. The van der Waals surface area contributed by atoms with Crippen LogP contribution in [0.4, 0.5) is 0 Å². The lowest BCUT2D eigenvalue weighted by molar-refractivity contribution is 0.550. The van der Waals surface area contributed by atoms with Gasteiger partial charge in [-0.15, -0.1) is 11.3 Å². The van der Waals surface area contributed by atoms with Crippen molar-refractivity contribution in [2.75, 3.05) is 6.54 Å². The molecular formula is C15H20N2S2. The summed E-state index contributed by atoms with van der Waals surface area (Å²) in [7, 11) is 0. The van der Waals surface area contributed by atoms with E-state index in [9.17, 15) is 0 Å². The number of nitrogens with zero attached hydrogens (tertiary/aromatic N) is 1. The highest BCUT2D eigenvalue weighted by atomic mass is 32.2. The summed E-state index contributed by atoms with van der Waals surface area (Å²) in [6, 6.07) is 6.64. The standard InChI is InChI=1S/C15H20N2S2/c1-11(2)9-16-10-13-8-12(3)4-5-14(13)19-15-17-6-7-18-15/h4-8,11,16H,9-10H2,1-3H3. The van der Waals surface area contributed by atoms with Gasteiger partial charge in [0, 0.05) is 23.0 Å². The SMILES string of the molecule is Cc1ccc(Sc2nccs2)c(CNCC(C)C)c1. The van der Waals surface area contributed by atoms with E-state index in [1.54, 1.807) is 23.1 Å². The number of aromatic nitrogens is 1. The third-order valence-corrected chi connectivity index (χ3v) is 4.69. The Balaban J connectivity index is 2.08. The molecule has 0 radical (unpaired) electrons. The van der Waals surface area contributed by atoms with Gasteiger partial charge in [0.2, 0.25) is 0 Å². The molecule has 1 aromatic carbocycles. The Morgan fingerprint density at radius 1 is 1.37 bits per heavy atom. The first-order chi connectivity index (χ1) is 9.15. The molecule has 1 aromatic heterocycles. The van der Waals surface area contributed by atoms with Crippen LogP contribution in [-0.4, -0.2) is 11.5 Å². The molecule has 4 heteroatoms. The zero-order chi connectivity index (χ0) is 13.7. The van der Waals surface area contributed by atoms with Crippen LogP contribution in [0.1, 0.15) is 25.0 Å². The minimum atomic E-state index is 0.680. The molecule has 0 fully saturated rings. The molecule has 0 amide bonds. The molecule has 0 unspecified atom stereocenters. The summed E-state index contributed by atoms with van der Waals surface area (Å²) >= 11 is 3.45. The van der Waals surface area contributed by atoms with E-state index in [0.717, 1.165) is 17.4 Å².